The standard InChI is InChI=1S/C18H14Cl2N4S/c1-9-5-10(2)15-13(6-9)16-17(21-15)22-18(24-23-16)25-8-11-3-4-12(19)7-14(11)20/h3-7H,8H2,1-2H3,(H,21,22,24). The summed E-state index contributed by atoms with van der Waals surface area (Å²) in [7, 11) is 0. The van der Waals surface area contributed by atoms with Crippen molar-refractivity contribution in [2.45, 2.75) is 24.8 Å². The minimum absolute atomic E-state index is 0.611. The van der Waals surface area contributed by atoms with Crippen molar-refractivity contribution in [1.82, 2.24) is 20.2 Å². The Morgan fingerprint density at radius 2 is 1.92 bits per heavy atom. The van der Waals surface area contributed by atoms with Gasteiger partial charge in [-0.05, 0) is 43.2 Å². The molecule has 0 saturated heterocycles. The molecule has 0 unspecified atom stereocenters. The van der Waals surface area contributed by atoms with E-state index in [1.165, 1.54) is 22.9 Å². The molecule has 0 fully saturated rings. The molecule has 0 spiro atoms. The van der Waals surface area contributed by atoms with Crippen molar-refractivity contribution in [1.29, 1.82) is 0 Å². The van der Waals surface area contributed by atoms with Crippen LogP contribution in [-0.4, -0.2) is 20.2 Å². The average Bonchev–Trinajstić information content (AvgIpc) is 2.92. The summed E-state index contributed by atoms with van der Waals surface area (Å²) in [5, 5.41) is 11.6. The summed E-state index contributed by atoms with van der Waals surface area (Å²) in [6, 6.07) is 9.73. The topological polar surface area (TPSA) is 54.5 Å². The molecule has 4 nitrogen and oxygen atoms in total. The first-order valence-corrected chi connectivity index (χ1v) is 9.45. The molecule has 2 heterocycles. The van der Waals surface area contributed by atoms with Crippen molar-refractivity contribution in [2.24, 2.45) is 0 Å². The Labute approximate surface area is 159 Å². The summed E-state index contributed by atoms with van der Waals surface area (Å²) in [6.07, 6.45) is 0. The van der Waals surface area contributed by atoms with Gasteiger partial charge in [-0.1, -0.05) is 52.7 Å². The van der Waals surface area contributed by atoms with Crippen molar-refractivity contribution in [2.75, 3.05) is 0 Å². The van der Waals surface area contributed by atoms with Crippen LogP contribution in [0.3, 0.4) is 0 Å². The van der Waals surface area contributed by atoms with Crippen LogP contribution < -0.4 is 0 Å². The van der Waals surface area contributed by atoms with Gasteiger partial charge in [-0.15, -0.1) is 10.2 Å². The Morgan fingerprint density at radius 1 is 1.08 bits per heavy atom. The zero-order valence-electron chi connectivity index (χ0n) is 13.6. The molecule has 0 aliphatic rings. The van der Waals surface area contributed by atoms with E-state index in [0.29, 0.717) is 21.0 Å². The lowest BCUT2D eigenvalue weighted by Gasteiger charge is -2.03. The molecule has 2 aromatic carbocycles. The Balaban J connectivity index is 1.67. The number of rotatable bonds is 3. The van der Waals surface area contributed by atoms with Gasteiger partial charge in [0.1, 0.15) is 5.52 Å². The van der Waals surface area contributed by atoms with Gasteiger partial charge >= 0.3 is 0 Å². The maximum Gasteiger partial charge on any atom is 0.211 e. The molecule has 0 aliphatic carbocycles. The smallest absolute Gasteiger partial charge is 0.211 e. The predicted octanol–water partition coefficient (Wildman–Crippen LogP) is 5.72. The third-order valence-corrected chi connectivity index (χ3v) is 5.49. The number of hydrogen-bond acceptors (Lipinski definition) is 4. The maximum absolute atomic E-state index is 6.22. The minimum Gasteiger partial charge on any atom is -0.337 e. The third kappa shape index (κ3) is 3.19. The van der Waals surface area contributed by atoms with Crippen molar-refractivity contribution < 1.29 is 0 Å². The predicted molar refractivity (Wildman–Crippen MR) is 105 cm³/mol. The fourth-order valence-corrected chi connectivity index (χ4v) is 4.21. The van der Waals surface area contributed by atoms with E-state index in [-0.39, 0.29) is 0 Å². The van der Waals surface area contributed by atoms with Gasteiger partial charge in [-0.25, -0.2) is 4.98 Å². The van der Waals surface area contributed by atoms with Crippen LogP contribution in [0.1, 0.15) is 16.7 Å². The zero-order chi connectivity index (χ0) is 17.6. The lowest BCUT2D eigenvalue weighted by Crippen LogP contribution is -1.92. The summed E-state index contributed by atoms with van der Waals surface area (Å²) < 4.78 is 0. The van der Waals surface area contributed by atoms with Crippen molar-refractivity contribution in [3.8, 4) is 0 Å². The number of fused-ring (bicyclic) bond motifs is 3. The number of nitrogens with zero attached hydrogens (tertiary/aromatic N) is 3. The van der Waals surface area contributed by atoms with Crippen LogP contribution in [-0.2, 0) is 5.75 Å². The van der Waals surface area contributed by atoms with Crippen LogP contribution in [0.4, 0.5) is 0 Å². The van der Waals surface area contributed by atoms with Gasteiger partial charge < -0.3 is 4.98 Å². The number of aromatic nitrogens is 4. The van der Waals surface area contributed by atoms with Crippen LogP contribution in [0, 0.1) is 13.8 Å². The normalized spacial score (nSPS) is 11.5. The molecule has 7 heteroatoms. The molecule has 126 valence electrons. The number of benzene rings is 2. The highest BCUT2D eigenvalue weighted by Crippen LogP contribution is 2.29. The molecule has 0 amide bonds. The molecule has 2 aromatic heterocycles. The van der Waals surface area contributed by atoms with E-state index >= 15 is 0 Å². The average molecular weight is 389 g/mol. The second-order valence-electron chi connectivity index (χ2n) is 5.95. The Kier molecular flexibility index (Phi) is 4.31. The third-order valence-electron chi connectivity index (χ3n) is 4.02. The van der Waals surface area contributed by atoms with E-state index in [2.05, 4.69) is 46.1 Å². The SMILES string of the molecule is Cc1cc(C)c2[nH]c3nc(SCc4ccc(Cl)cc4Cl)nnc3c2c1. The molecule has 0 saturated carbocycles. The fourth-order valence-electron chi connectivity index (χ4n) is 2.86. The Bertz CT molecular complexity index is 1110. The van der Waals surface area contributed by atoms with Gasteiger partial charge in [0.05, 0.1) is 5.52 Å². The van der Waals surface area contributed by atoms with Crippen LogP contribution >= 0.6 is 35.0 Å². The van der Waals surface area contributed by atoms with E-state index in [1.807, 2.05) is 12.1 Å². The number of hydrogen-bond donors (Lipinski definition) is 1. The summed E-state index contributed by atoms with van der Waals surface area (Å²) in [4.78, 5) is 7.97. The van der Waals surface area contributed by atoms with Crippen molar-refractivity contribution >= 4 is 57.0 Å². The molecular formula is C18H14Cl2N4S. The van der Waals surface area contributed by atoms with E-state index in [4.69, 9.17) is 23.2 Å². The summed E-state index contributed by atoms with van der Waals surface area (Å²) >= 11 is 13.6. The molecule has 1 N–H and O–H groups in total. The van der Waals surface area contributed by atoms with E-state index < -0.39 is 0 Å². The van der Waals surface area contributed by atoms with Crippen LogP contribution in [0.25, 0.3) is 22.1 Å². The van der Waals surface area contributed by atoms with Gasteiger partial charge in [0.15, 0.2) is 5.65 Å². The van der Waals surface area contributed by atoms with Gasteiger partial charge in [0.2, 0.25) is 5.16 Å². The van der Waals surface area contributed by atoms with Gasteiger partial charge in [0, 0.05) is 21.2 Å². The molecule has 4 rings (SSSR count). The number of nitrogens with one attached hydrogen (secondary N) is 1. The molecule has 0 radical (unpaired) electrons. The molecule has 0 bridgehead atoms. The first-order valence-electron chi connectivity index (χ1n) is 7.71. The van der Waals surface area contributed by atoms with Crippen molar-refractivity contribution in [3.05, 3.63) is 57.1 Å². The quantitative estimate of drug-likeness (QED) is 0.455. The van der Waals surface area contributed by atoms with Gasteiger partial charge in [-0.2, -0.15) is 0 Å². The monoisotopic (exact) mass is 388 g/mol. The highest BCUT2D eigenvalue weighted by molar-refractivity contribution is 7.98. The lowest BCUT2D eigenvalue weighted by atomic mass is 10.1. The number of halogens is 2. The summed E-state index contributed by atoms with van der Waals surface area (Å²) in [6.45, 7) is 4.16. The minimum atomic E-state index is 0.611. The lowest BCUT2D eigenvalue weighted by molar-refractivity contribution is 0.878. The van der Waals surface area contributed by atoms with Crippen LogP contribution in [0.2, 0.25) is 10.0 Å². The van der Waals surface area contributed by atoms with Crippen molar-refractivity contribution in [3.63, 3.8) is 0 Å². The first-order chi connectivity index (χ1) is 12.0. The maximum atomic E-state index is 6.22. The Morgan fingerprint density at radius 3 is 2.72 bits per heavy atom. The Hall–Kier alpha value is -1.82. The number of aryl methyl sites for hydroxylation is 2. The van der Waals surface area contributed by atoms with Crippen LogP contribution in [0.15, 0.2) is 35.5 Å². The fraction of sp³-hybridized carbons (Fsp3) is 0.167. The molecule has 0 atom stereocenters. The highest BCUT2D eigenvalue weighted by atomic mass is 35.5. The number of H-pyrrole nitrogens is 1. The molecule has 0 aliphatic heterocycles. The second kappa shape index (κ2) is 6.48. The zero-order valence-corrected chi connectivity index (χ0v) is 15.9. The molecular weight excluding hydrogens is 375 g/mol. The summed E-state index contributed by atoms with van der Waals surface area (Å²) in [5.74, 6) is 0.654. The largest absolute Gasteiger partial charge is 0.337 e. The van der Waals surface area contributed by atoms with E-state index in [1.54, 1.807) is 6.07 Å². The van der Waals surface area contributed by atoms with E-state index in [0.717, 1.165) is 27.6 Å². The van der Waals surface area contributed by atoms with Gasteiger partial charge in [0.25, 0.3) is 0 Å². The second-order valence-corrected chi connectivity index (χ2v) is 7.73. The van der Waals surface area contributed by atoms with Gasteiger partial charge in [-0.3, -0.25) is 0 Å². The number of thioether (sulfide) groups is 1. The van der Waals surface area contributed by atoms with Crippen LogP contribution in [0.5, 0.6) is 0 Å². The molecule has 25 heavy (non-hydrogen) atoms. The van der Waals surface area contributed by atoms with E-state index in [9.17, 15) is 0 Å². The number of aromatic amines is 1. The summed E-state index contributed by atoms with van der Waals surface area (Å²) in [5.41, 5.74) is 5.98. The first kappa shape index (κ1) is 16.6. The molecule has 4 aromatic rings. The highest BCUT2D eigenvalue weighted by Gasteiger charge is 2.12.